The Morgan fingerprint density at radius 2 is 1.77 bits per heavy atom. The van der Waals surface area contributed by atoms with E-state index in [1.54, 1.807) is 6.92 Å². The molecule has 5 heteroatoms. The molecule has 0 unspecified atom stereocenters. The molecule has 0 aliphatic rings. The second-order valence-corrected chi connectivity index (χ2v) is 8.35. The number of carbonyl (C=O) groups excluding carboxylic acids is 2. The summed E-state index contributed by atoms with van der Waals surface area (Å²) in [4.78, 5) is 24.2. The summed E-state index contributed by atoms with van der Waals surface area (Å²) in [5.41, 5.74) is 3.63. The minimum atomic E-state index is -0.515. The van der Waals surface area contributed by atoms with Crippen LogP contribution in [0.2, 0.25) is 0 Å². The maximum absolute atomic E-state index is 11.8. The molecule has 0 saturated carbocycles. The number of nitrogens with one attached hydrogen (secondary N) is 1. The molecule has 0 atom stereocenters. The van der Waals surface area contributed by atoms with Gasteiger partial charge in [0.2, 0.25) is 0 Å². The summed E-state index contributed by atoms with van der Waals surface area (Å²) in [5, 5.41) is 2.84. The Kier molecular flexibility index (Phi) is 6.48. The van der Waals surface area contributed by atoms with Crippen LogP contribution in [0.1, 0.15) is 38.8 Å². The quantitative estimate of drug-likeness (QED) is 0.739. The third-order valence-electron chi connectivity index (χ3n) is 3.54. The molecule has 0 aromatic heterocycles. The minimum absolute atomic E-state index is 0.0700. The Bertz CT molecular complexity index is 809. The predicted molar refractivity (Wildman–Crippen MR) is 106 cm³/mol. The van der Waals surface area contributed by atoms with Crippen molar-refractivity contribution in [2.75, 3.05) is 0 Å². The largest absolute Gasteiger partial charge is 0.444 e. The van der Waals surface area contributed by atoms with Crippen LogP contribution in [-0.2, 0) is 16.1 Å². The third-order valence-corrected chi connectivity index (χ3v) is 4.49. The SMILES string of the molecule is CC(=O)Sc1cc(-c2cccc(CNC(=O)OC(C)(C)C)c2)ccc1C. The van der Waals surface area contributed by atoms with Crippen molar-refractivity contribution in [2.45, 2.75) is 51.7 Å². The van der Waals surface area contributed by atoms with Gasteiger partial charge in [0.1, 0.15) is 5.60 Å². The third kappa shape index (κ3) is 6.23. The average Bonchev–Trinajstić information content (AvgIpc) is 2.53. The average molecular weight is 372 g/mol. The van der Waals surface area contributed by atoms with Gasteiger partial charge < -0.3 is 10.1 Å². The normalized spacial score (nSPS) is 11.1. The zero-order chi connectivity index (χ0) is 19.3. The van der Waals surface area contributed by atoms with Crippen LogP contribution in [-0.4, -0.2) is 16.8 Å². The van der Waals surface area contributed by atoms with Crippen LogP contribution < -0.4 is 5.32 Å². The van der Waals surface area contributed by atoms with Crippen molar-refractivity contribution in [2.24, 2.45) is 0 Å². The highest BCUT2D eigenvalue weighted by Gasteiger charge is 2.15. The second-order valence-electron chi connectivity index (χ2n) is 7.13. The van der Waals surface area contributed by atoms with E-state index in [1.807, 2.05) is 70.2 Å². The number of carbonyl (C=O) groups is 2. The first-order valence-electron chi connectivity index (χ1n) is 8.49. The van der Waals surface area contributed by atoms with E-state index in [-0.39, 0.29) is 5.12 Å². The number of alkyl carbamates (subject to hydrolysis) is 1. The number of hydrogen-bond donors (Lipinski definition) is 1. The highest BCUT2D eigenvalue weighted by atomic mass is 32.2. The number of amides is 1. The molecule has 26 heavy (non-hydrogen) atoms. The zero-order valence-electron chi connectivity index (χ0n) is 15.9. The van der Waals surface area contributed by atoms with Gasteiger partial charge in [-0.1, -0.05) is 42.1 Å². The topological polar surface area (TPSA) is 55.4 Å². The Balaban J connectivity index is 2.14. The van der Waals surface area contributed by atoms with Gasteiger partial charge in [-0.3, -0.25) is 4.79 Å². The molecule has 0 heterocycles. The van der Waals surface area contributed by atoms with Crippen molar-refractivity contribution in [3.8, 4) is 11.1 Å². The van der Waals surface area contributed by atoms with E-state index >= 15 is 0 Å². The molecule has 0 saturated heterocycles. The number of rotatable bonds is 4. The number of benzene rings is 2. The highest BCUT2D eigenvalue weighted by molar-refractivity contribution is 8.13. The molecule has 0 aliphatic carbocycles. The van der Waals surface area contributed by atoms with E-state index in [4.69, 9.17) is 4.74 Å². The Labute approximate surface area is 159 Å². The number of thioether (sulfide) groups is 1. The predicted octanol–water partition coefficient (Wildman–Crippen LogP) is 5.33. The fourth-order valence-electron chi connectivity index (χ4n) is 2.39. The van der Waals surface area contributed by atoms with Crippen molar-refractivity contribution in [1.29, 1.82) is 0 Å². The lowest BCUT2D eigenvalue weighted by Gasteiger charge is -2.19. The number of hydrogen-bond acceptors (Lipinski definition) is 4. The monoisotopic (exact) mass is 371 g/mol. The summed E-state index contributed by atoms with van der Waals surface area (Å²) in [5.74, 6) is 0. The van der Waals surface area contributed by atoms with E-state index in [9.17, 15) is 9.59 Å². The van der Waals surface area contributed by atoms with Gasteiger partial charge >= 0.3 is 6.09 Å². The van der Waals surface area contributed by atoms with Gasteiger partial charge in [0, 0.05) is 18.4 Å². The second kappa shape index (κ2) is 8.41. The molecule has 1 N–H and O–H groups in total. The maximum atomic E-state index is 11.8. The molecule has 0 fully saturated rings. The van der Waals surface area contributed by atoms with Crippen molar-refractivity contribution >= 4 is 23.0 Å². The summed E-state index contributed by atoms with van der Waals surface area (Å²) < 4.78 is 5.26. The molecule has 138 valence electrons. The van der Waals surface area contributed by atoms with Crippen LogP contribution in [0, 0.1) is 6.92 Å². The van der Waals surface area contributed by atoms with E-state index < -0.39 is 11.7 Å². The molecule has 2 aromatic carbocycles. The van der Waals surface area contributed by atoms with Crippen LogP contribution in [0.4, 0.5) is 4.79 Å². The van der Waals surface area contributed by atoms with Crippen LogP contribution in [0.25, 0.3) is 11.1 Å². The van der Waals surface area contributed by atoms with Crippen LogP contribution >= 0.6 is 11.8 Å². The summed E-state index contributed by atoms with van der Waals surface area (Å²) in [7, 11) is 0. The fraction of sp³-hybridized carbons (Fsp3) is 0.333. The van der Waals surface area contributed by atoms with Gasteiger partial charge in [-0.25, -0.2) is 4.79 Å². The Morgan fingerprint density at radius 3 is 2.42 bits per heavy atom. The molecule has 0 radical (unpaired) electrons. The number of ether oxygens (including phenoxy) is 1. The summed E-state index contributed by atoms with van der Waals surface area (Å²) in [6, 6.07) is 14.1. The zero-order valence-corrected chi connectivity index (χ0v) is 16.7. The molecular weight excluding hydrogens is 346 g/mol. The molecule has 2 aromatic rings. The van der Waals surface area contributed by atoms with E-state index in [1.165, 1.54) is 11.8 Å². The first-order chi connectivity index (χ1) is 12.1. The summed E-state index contributed by atoms with van der Waals surface area (Å²) in [6.45, 7) is 9.46. The Hall–Kier alpha value is -2.27. The lowest BCUT2D eigenvalue weighted by Crippen LogP contribution is -2.32. The highest BCUT2D eigenvalue weighted by Crippen LogP contribution is 2.29. The van der Waals surface area contributed by atoms with Gasteiger partial charge in [-0.15, -0.1) is 0 Å². The molecule has 4 nitrogen and oxygen atoms in total. The van der Waals surface area contributed by atoms with E-state index in [0.29, 0.717) is 6.54 Å². The molecular formula is C21H25NO3S. The van der Waals surface area contributed by atoms with Crippen LogP contribution in [0.15, 0.2) is 47.4 Å². The van der Waals surface area contributed by atoms with Gasteiger partial charge in [0.25, 0.3) is 0 Å². The van der Waals surface area contributed by atoms with Crippen molar-refractivity contribution in [1.82, 2.24) is 5.32 Å². The summed E-state index contributed by atoms with van der Waals surface area (Å²) >= 11 is 1.25. The van der Waals surface area contributed by atoms with E-state index in [0.717, 1.165) is 27.1 Å². The van der Waals surface area contributed by atoms with Gasteiger partial charge in [-0.05, 0) is 62.1 Å². The van der Waals surface area contributed by atoms with Crippen molar-refractivity contribution < 1.29 is 14.3 Å². The molecule has 2 rings (SSSR count). The molecule has 0 bridgehead atoms. The van der Waals surface area contributed by atoms with E-state index in [2.05, 4.69) is 5.32 Å². The molecule has 1 amide bonds. The minimum Gasteiger partial charge on any atom is -0.444 e. The first kappa shape index (κ1) is 20.0. The summed E-state index contributed by atoms with van der Waals surface area (Å²) in [6.07, 6.45) is -0.432. The first-order valence-corrected chi connectivity index (χ1v) is 9.31. The lowest BCUT2D eigenvalue weighted by molar-refractivity contribution is -0.109. The van der Waals surface area contributed by atoms with Gasteiger partial charge in [0.15, 0.2) is 5.12 Å². The maximum Gasteiger partial charge on any atom is 0.407 e. The smallest absolute Gasteiger partial charge is 0.407 e. The molecule has 0 spiro atoms. The number of aryl methyl sites for hydroxylation is 1. The van der Waals surface area contributed by atoms with Crippen molar-refractivity contribution in [3.63, 3.8) is 0 Å². The standard InChI is InChI=1S/C21H25NO3S/c1-14-9-10-18(12-19(14)26-15(2)23)17-8-6-7-16(11-17)13-22-20(24)25-21(3,4)5/h6-12H,13H2,1-5H3,(H,22,24). The fourth-order valence-corrected chi connectivity index (χ4v) is 3.12. The van der Waals surface area contributed by atoms with Gasteiger partial charge in [0.05, 0.1) is 0 Å². The lowest BCUT2D eigenvalue weighted by atomic mass is 10.0. The van der Waals surface area contributed by atoms with Crippen LogP contribution in [0.5, 0.6) is 0 Å². The van der Waals surface area contributed by atoms with Crippen molar-refractivity contribution in [3.05, 3.63) is 53.6 Å². The molecule has 0 aliphatic heterocycles. The van der Waals surface area contributed by atoms with Gasteiger partial charge in [-0.2, -0.15) is 0 Å². The Morgan fingerprint density at radius 1 is 1.08 bits per heavy atom. The van der Waals surface area contributed by atoms with Crippen LogP contribution in [0.3, 0.4) is 0 Å².